The molecular weight excluding hydrogens is 216 g/mol. The van der Waals surface area contributed by atoms with Crippen molar-refractivity contribution in [2.45, 2.75) is 19.4 Å². The van der Waals surface area contributed by atoms with Gasteiger partial charge in [-0.05, 0) is 25.5 Å². The van der Waals surface area contributed by atoms with Crippen LogP contribution in [0.5, 0.6) is 0 Å². The summed E-state index contributed by atoms with van der Waals surface area (Å²) in [5.74, 6) is -0.257. The smallest absolute Gasteiger partial charge is 0.270 e. The van der Waals surface area contributed by atoms with Crippen molar-refractivity contribution in [1.82, 2.24) is 10.3 Å². The van der Waals surface area contributed by atoms with Crippen LogP contribution >= 0.6 is 11.6 Å². The minimum absolute atomic E-state index is 0.0511. The van der Waals surface area contributed by atoms with Crippen LogP contribution in [0.3, 0.4) is 0 Å². The predicted octanol–water partition coefficient (Wildman–Crippen LogP) is 1.24. The van der Waals surface area contributed by atoms with Crippen LogP contribution in [-0.4, -0.2) is 28.6 Å². The van der Waals surface area contributed by atoms with Crippen LogP contribution < -0.4 is 5.32 Å². The van der Waals surface area contributed by atoms with Crippen LogP contribution in [0.25, 0.3) is 0 Å². The van der Waals surface area contributed by atoms with Gasteiger partial charge in [0.25, 0.3) is 5.91 Å². The third kappa shape index (κ3) is 3.85. The summed E-state index contributed by atoms with van der Waals surface area (Å²) in [4.78, 5) is 15.4. The number of aromatic nitrogens is 1. The fraction of sp³-hybridized carbons (Fsp3) is 0.400. The van der Waals surface area contributed by atoms with Gasteiger partial charge < -0.3 is 10.4 Å². The first kappa shape index (κ1) is 11.9. The van der Waals surface area contributed by atoms with E-state index in [1.165, 1.54) is 6.20 Å². The van der Waals surface area contributed by atoms with E-state index in [-0.39, 0.29) is 18.6 Å². The molecule has 0 aromatic carbocycles. The molecule has 0 spiro atoms. The van der Waals surface area contributed by atoms with Crippen molar-refractivity contribution < 1.29 is 9.90 Å². The maximum atomic E-state index is 11.5. The molecule has 1 rings (SSSR count). The standard InChI is InChI=1S/C10H13ClN2O2/c1-7(4-5-14)13-10(15)9-3-2-8(11)6-12-9/h2-3,6-7,14H,4-5H2,1H3,(H,13,15). The topological polar surface area (TPSA) is 62.2 Å². The average molecular weight is 229 g/mol. The number of carbonyl (C=O) groups excluding carboxylic acids is 1. The Bertz CT molecular complexity index is 327. The molecule has 15 heavy (non-hydrogen) atoms. The van der Waals surface area contributed by atoms with Gasteiger partial charge in [-0.2, -0.15) is 0 Å². The van der Waals surface area contributed by atoms with Crippen LogP contribution in [0, 0.1) is 0 Å². The molecule has 82 valence electrons. The van der Waals surface area contributed by atoms with Gasteiger partial charge in [0.15, 0.2) is 0 Å². The molecule has 1 amide bonds. The Labute approximate surface area is 93.3 Å². The summed E-state index contributed by atoms with van der Waals surface area (Å²) in [5.41, 5.74) is 0.323. The highest BCUT2D eigenvalue weighted by Crippen LogP contribution is 2.06. The van der Waals surface area contributed by atoms with Gasteiger partial charge in [0.05, 0.1) is 5.02 Å². The molecule has 1 aromatic heterocycles. The zero-order valence-electron chi connectivity index (χ0n) is 8.40. The molecule has 1 heterocycles. The van der Waals surface area contributed by atoms with Gasteiger partial charge in [-0.3, -0.25) is 4.79 Å². The zero-order valence-corrected chi connectivity index (χ0v) is 9.16. The van der Waals surface area contributed by atoms with Crippen LogP contribution in [0.4, 0.5) is 0 Å². The molecule has 0 aliphatic heterocycles. The molecule has 0 saturated carbocycles. The number of aliphatic hydroxyl groups is 1. The van der Waals surface area contributed by atoms with E-state index >= 15 is 0 Å². The van der Waals surface area contributed by atoms with E-state index in [0.717, 1.165) is 0 Å². The van der Waals surface area contributed by atoms with E-state index in [4.69, 9.17) is 16.7 Å². The fourth-order valence-corrected chi connectivity index (χ4v) is 1.19. The number of halogens is 1. The van der Waals surface area contributed by atoms with Gasteiger partial charge in [-0.1, -0.05) is 11.6 Å². The molecule has 0 radical (unpaired) electrons. The van der Waals surface area contributed by atoms with Crippen molar-refractivity contribution in [3.05, 3.63) is 29.0 Å². The van der Waals surface area contributed by atoms with Crippen molar-refractivity contribution >= 4 is 17.5 Å². The molecule has 0 bridgehead atoms. The van der Waals surface area contributed by atoms with E-state index in [1.54, 1.807) is 12.1 Å². The normalized spacial score (nSPS) is 12.2. The molecular formula is C10H13ClN2O2. The van der Waals surface area contributed by atoms with Crippen molar-refractivity contribution in [1.29, 1.82) is 0 Å². The van der Waals surface area contributed by atoms with Gasteiger partial charge >= 0.3 is 0 Å². The van der Waals surface area contributed by atoms with Crippen LogP contribution in [0.2, 0.25) is 5.02 Å². The first-order valence-electron chi connectivity index (χ1n) is 4.66. The zero-order chi connectivity index (χ0) is 11.3. The van der Waals surface area contributed by atoms with Gasteiger partial charge in [0.2, 0.25) is 0 Å². The molecule has 4 nitrogen and oxygen atoms in total. The quantitative estimate of drug-likeness (QED) is 0.815. The lowest BCUT2D eigenvalue weighted by atomic mass is 10.2. The van der Waals surface area contributed by atoms with Crippen molar-refractivity contribution in [2.75, 3.05) is 6.61 Å². The maximum absolute atomic E-state index is 11.5. The van der Waals surface area contributed by atoms with E-state index < -0.39 is 0 Å². The van der Waals surface area contributed by atoms with E-state index in [9.17, 15) is 4.79 Å². The van der Waals surface area contributed by atoms with E-state index in [2.05, 4.69) is 10.3 Å². The Balaban J connectivity index is 2.57. The highest BCUT2D eigenvalue weighted by molar-refractivity contribution is 6.30. The summed E-state index contributed by atoms with van der Waals surface area (Å²) in [5, 5.41) is 11.9. The molecule has 0 aliphatic rings. The summed E-state index contributed by atoms with van der Waals surface area (Å²) in [6.07, 6.45) is 1.95. The predicted molar refractivity (Wildman–Crippen MR) is 57.9 cm³/mol. The third-order valence-electron chi connectivity index (χ3n) is 1.90. The number of aliphatic hydroxyl groups excluding tert-OH is 1. The highest BCUT2D eigenvalue weighted by Gasteiger charge is 2.09. The maximum Gasteiger partial charge on any atom is 0.270 e. The number of rotatable bonds is 4. The highest BCUT2D eigenvalue weighted by atomic mass is 35.5. The Morgan fingerprint density at radius 3 is 2.93 bits per heavy atom. The Morgan fingerprint density at radius 1 is 1.67 bits per heavy atom. The molecule has 2 N–H and O–H groups in total. The van der Waals surface area contributed by atoms with Crippen LogP contribution in [-0.2, 0) is 0 Å². The minimum Gasteiger partial charge on any atom is -0.396 e. The second-order valence-electron chi connectivity index (χ2n) is 3.25. The second kappa shape index (κ2) is 5.68. The van der Waals surface area contributed by atoms with Gasteiger partial charge in [0, 0.05) is 18.8 Å². The first-order chi connectivity index (χ1) is 7.13. The Morgan fingerprint density at radius 2 is 2.40 bits per heavy atom. The van der Waals surface area contributed by atoms with E-state index in [1.807, 2.05) is 6.92 Å². The minimum atomic E-state index is -0.257. The number of amides is 1. The van der Waals surface area contributed by atoms with Crippen molar-refractivity contribution in [3.8, 4) is 0 Å². The SMILES string of the molecule is CC(CCO)NC(=O)c1ccc(Cl)cn1. The summed E-state index contributed by atoms with van der Waals surface area (Å²) < 4.78 is 0. The molecule has 1 unspecified atom stereocenters. The lowest BCUT2D eigenvalue weighted by Gasteiger charge is -2.11. The fourth-order valence-electron chi connectivity index (χ4n) is 1.07. The molecule has 0 aliphatic carbocycles. The number of nitrogens with one attached hydrogen (secondary N) is 1. The lowest BCUT2D eigenvalue weighted by Crippen LogP contribution is -2.33. The number of pyridine rings is 1. The number of hydrogen-bond donors (Lipinski definition) is 2. The summed E-state index contributed by atoms with van der Waals surface area (Å²) >= 11 is 5.64. The number of hydrogen-bond acceptors (Lipinski definition) is 3. The number of nitrogens with zero attached hydrogens (tertiary/aromatic N) is 1. The largest absolute Gasteiger partial charge is 0.396 e. The second-order valence-corrected chi connectivity index (χ2v) is 3.68. The van der Waals surface area contributed by atoms with Gasteiger partial charge in [-0.15, -0.1) is 0 Å². The monoisotopic (exact) mass is 228 g/mol. The summed E-state index contributed by atoms with van der Waals surface area (Å²) in [7, 11) is 0. The van der Waals surface area contributed by atoms with Gasteiger partial charge in [0.1, 0.15) is 5.69 Å². The summed E-state index contributed by atoms with van der Waals surface area (Å²) in [6.45, 7) is 1.87. The van der Waals surface area contributed by atoms with Crippen molar-refractivity contribution in [2.24, 2.45) is 0 Å². The molecule has 0 saturated heterocycles. The van der Waals surface area contributed by atoms with E-state index in [0.29, 0.717) is 17.1 Å². The third-order valence-corrected chi connectivity index (χ3v) is 2.12. The van der Waals surface area contributed by atoms with Crippen molar-refractivity contribution in [3.63, 3.8) is 0 Å². The van der Waals surface area contributed by atoms with Gasteiger partial charge in [-0.25, -0.2) is 4.98 Å². The molecule has 0 fully saturated rings. The Hall–Kier alpha value is -1.13. The Kier molecular flexibility index (Phi) is 4.52. The molecule has 5 heteroatoms. The molecule has 1 aromatic rings. The average Bonchev–Trinajstić information content (AvgIpc) is 2.18. The first-order valence-corrected chi connectivity index (χ1v) is 5.04. The van der Waals surface area contributed by atoms with Crippen LogP contribution in [0.1, 0.15) is 23.8 Å². The van der Waals surface area contributed by atoms with Crippen LogP contribution in [0.15, 0.2) is 18.3 Å². The lowest BCUT2D eigenvalue weighted by molar-refractivity contribution is 0.0929. The number of carbonyl (C=O) groups is 1. The summed E-state index contributed by atoms with van der Waals surface area (Å²) in [6, 6.07) is 3.10. The molecule has 1 atom stereocenters.